The van der Waals surface area contributed by atoms with E-state index in [0.29, 0.717) is 18.0 Å². The van der Waals surface area contributed by atoms with Crippen molar-refractivity contribution in [2.24, 2.45) is 5.92 Å². The first-order valence-electron chi connectivity index (χ1n) is 6.48. The van der Waals surface area contributed by atoms with Crippen molar-refractivity contribution < 1.29 is 0 Å². The van der Waals surface area contributed by atoms with Crippen molar-refractivity contribution in [3.63, 3.8) is 0 Å². The van der Waals surface area contributed by atoms with Crippen LogP contribution in [0.25, 0.3) is 0 Å². The van der Waals surface area contributed by atoms with Gasteiger partial charge in [0.1, 0.15) is 0 Å². The Kier molecular flexibility index (Phi) is 2.54. The number of para-hydroxylation sites is 1. The minimum atomic E-state index is 0.537. The third-order valence-electron chi connectivity index (χ3n) is 3.82. The average molecular weight is 225 g/mol. The molecule has 0 bridgehead atoms. The van der Waals surface area contributed by atoms with E-state index >= 15 is 0 Å². The van der Waals surface area contributed by atoms with Gasteiger partial charge < -0.3 is 4.90 Å². The van der Waals surface area contributed by atoms with Crippen LogP contribution in [0.3, 0.4) is 0 Å². The van der Waals surface area contributed by atoms with Crippen molar-refractivity contribution in [3.8, 4) is 0 Å². The fraction of sp³-hybridized carbons (Fsp3) is 0.375. The highest BCUT2D eigenvalue weighted by Crippen LogP contribution is 2.37. The van der Waals surface area contributed by atoms with E-state index < -0.39 is 0 Å². The molecule has 0 N–H and O–H groups in total. The summed E-state index contributed by atoms with van der Waals surface area (Å²) in [4.78, 5) is 2.56. The Labute approximate surface area is 103 Å². The zero-order chi connectivity index (χ0) is 11.8. The number of rotatable bonds is 1. The van der Waals surface area contributed by atoms with Crippen molar-refractivity contribution in [1.29, 1.82) is 0 Å². The first-order valence-corrected chi connectivity index (χ1v) is 6.48. The number of hydrogen-bond donors (Lipinski definition) is 0. The summed E-state index contributed by atoms with van der Waals surface area (Å²) in [6, 6.07) is 9.91. The van der Waals surface area contributed by atoms with Crippen molar-refractivity contribution in [2.45, 2.75) is 32.4 Å². The summed E-state index contributed by atoms with van der Waals surface area (Å²) in [6.45, 7) is 4.57. The number of allylic oxidation sites excluding steroid dienone is 2. The maximum atomic E-state index is 2.56. The molecule has 0 aromatic heterocycles. The Balaban J connectivity index is 2.09. The van der Waals surface area contributed by atoms with Crippen molar-refractivity contribution in [1.82, 2.24) is 0 Å². The first-order chi connectivity index (χ1) is 8.27. The Morgan fingerprint density at radius 2 is 1.88 bits per heavy atom. The van der Waals surface area contributed by atoms with Crippen LogP contribution in [-0.4, -0.2) is 12.1 Å². The topological polar surface area (TPSA) is 3.24 Å². The molecule has 1 aromatic carbocycles. The third kappa shape index (κ3) is 1.70. The second kappa shape index (κ2) is 4.06. The lowest BCUT2D eigenvalue weighted by atomic mass is 9.82. The molecule has 88 valence electrons. The fourth-order valence-electron chi connectivity index (χ4n) is 3.10. The van der Waals surface area contributed by atoms with Crippen LogP contribution in [0.1, 0.15) is 19.4 Å². The molecule has 17 heavy (non-hydrogen) atoms. The molecule has 1 heteroatoms. The fourth-order valence-corrected chi connectivity index (χ4v) is 3.10. The van der Waals surface area contributed by atoms with Gasteiger partial charge in [0.2, 0.25) is 0 Å². The van der Waals surface area contributed by atoms with E-state index in [1.54, 1.807) is 0 Å². The highest BCUT2D eigenvalue weighted by Gasteiger charge is 2.33. The Bertz CT molecular complexity index is 470. The molecule has 2 aliphatic rings. The highest BCUT2D eigenvalue weighted by atomic mass is 15.2. The molecule has 0 radical (unpaired) electrons. The quantitative estimate of drug-likeness (QED) is 0.706. The van der Waals surface area contributed by atoms with Gasteiger partial charge in [-0.3, -0.25) is 0 Å². The van der Waals surface area contributed by atoms with Gasteiger partial charge in [-0.1, -0.05) is 42.5 Å². The van der Waals surface area contributed by atoms with Crippen LogP contribution in [-0.2, 0) is 6.42 Å². The molecule has 2 unspecified atom stereocenters. The molecular weight excluding hydrogens is 206 g/mol. The highest BCUT2D eigenvalue weighted by molar-refractivity contribution is 5.59. The molecule has 3 rings (SSSR count). The van der Waals surface area contributed by atoms with Crippen LogP contribution >= 0.6 is 0 Å². The van der Waals surface area contributed by atoms with E-state index in [0.717, 1.165) is 0 Å². The van der Waals surface area contributed by atoms with Gasteiger partial charge in [-0.2, -0.15) is 0 Å². The molecule has 1 aromatic rings. The van der Waals surface area contributed by atoms with Crippen LogP contribution in [0.15, 0.2) is 48.6 Å². The van der Waals surface area contributed by atoms with Gasteiger partial charge >= 0.3 is 0 Å². The van der Waals surface area contributed by atoms with Gasteiger partial charge in [-0.15, -0.1) is 0 Å². The Morgan fingerprint density at radius 3 is 2.71 bits per heavy atom. The number of nitrogens with zero attached hydrogens (tertiary/aromatic N) is 1. The minimum Gasteiger partial charge on any atom is -0.362 e. The maximum absolute atomic E-state index is 2.56. The number of fused-ring (bicyclic) bond motifs is 2. The smallest absolute Gasteiger partial charge is 0.0545 e. The van der Waals surface area contributed by atoms with Gasteiger partial charge in [0.05, 0.1) is 6.04 Å². The van der Waals surface area contributed by atoms with Crippen molar-refractivity contribution in [3.05, 3.63) is 54.1 Å². The molecule has 0 amide bonds. The zero-order valence-corrected chi connectivity index (χ0v) is 10.5. The Morgan fingerprint density at radius 1 is 1.12 bits per heavy atom. The van der Waals surface area contributed by atoms with Crippen LogP contribution in [0.5, 0.6) is 0 Å². The molecule has 1 nitrogen and oxygen atoms in total. The van der Waals surface area contributed by atoms with Crippen LogP contribution in [0, 0.1) is 5.92 Å². The zero-order valence-electron chi connectivity index (χ0n) is 10.5. The molecule has 1 aliphatic heterocycles. The lowest BCUT2D eigenvalue weighted by molar-refractivity contribution is 0.469. The average Bonchev–Trinajstić information content (AvgIpc) is 2.35. The Hall–Kier alpha value is -1.50. The molecule has 1 heterocycles. The lowest BCUT2D eigenvalue weighted by Crippen LogP contribution is -2.47. The van der Waals surface area contributed by atoms with Gasteiger partial charge in [0, 0.05) is 17.6 Å². The van der Waals surface area contributed by atoms with E-state index in [9.17, 15) is 0 Å². The maximum Gasteiger partial charge on any atom is 0.0545 e. The van der Waals surface area contributed by atoms with Crippen LogP contribution in [0.2, 0.25) is 0 Å². The number of benzene rings is 1. The summed E-state index contributed by atoms with van der Waals surface area (Å²) in [6.07, 6.45) is 10.2. The van der Waals surface area contributed by atoms with Gasteiger partial charge in [0.25, 0.3) is 0 Å². The second-order valence-electron chi connectivity index (χ2n) is 5.26. The minimum absolute atomic E-state index is 0.537. The van der Waals surface area contributed by atoms with Gasteiger partial charge in [-0.05, 0) is 31.9 Å². The normalized spacial score (nSPS) is 25.9. The van der Waals surface area contributed by atoms with Crippen molar-refractivity contribution in [2.75, 3.05) is 4.90 Å². The van der Waals surface area contributed by atoms with Crippen molar-refractivity contribution >= 4 is 5.69 Å². The van der Waals surface area contributed by atoms with E-state index in [4.69, 9.17) is 0 Å². The molecule has 1 aliphatic carbocycles. The summed E-state index contributed by atoms with van der Waals surface area (Å²) in [5, 5.41) is 0. The van der Waals surface area contributed by atoms with Crippen LogP contribution < -0.4 is 4.90 Å². The van der Waals surface area contributed by atoms with Gasteiger partial charge in [-0.25, -0.2) is 0 Å². The van der Waals surface area contributed by atoms with E-state index in [2.05, 4.69) is 67.3 Å². The number of hydrogen-bond acceptors (Lipinski definition) is 1. The van der Waals surface area contributed by atoms with Crippen LogP contribution in [0.4, 0.5) is 5.69 Å². The molecular formula is C16H19N. The van der Waals surface area contributed by atoms with E-state index in [1.165, 1.54) is 17.7 Å². The molecule has 0 saturated carbocycles. The molecule has 0 saturated heterocycles. The van der Waals surface area contributed by atoms with E-state index in [-0.39, 0.29) is 0 Å². The predicted molar refractivity (Wildman–Crippen MR) is 73.3 cm³/mol. The van der Waals surface area contributed by atoms with Gasteiger partial charge in [0.15, 0.2) is 0 Å². The summed E-state index contributed by atoms with van der Waals surface area (Å²) in [5.74, 6) is 0.636. The predicted octanol–water partition coefficient (Wildman–Crippen LogP) is 3.57. The molecule has 0 fully saturated rings. The molecule has 2 atom stereocenters. The second-order valence-corrected chi connectivity index (χ2v) is 5.26. The standard InChI is InChI=1S/C16H19N/c1-12(2)17-15-9-5-3-7-13(15)11-14-8-4-6-10-16(14)17/h3-10,12-13,15H,11H2,1-2H3. The summed E-state index contributed by atoms with van der Waals surface area (Å²) < 4.78 is 0. The summed E-state index contributed by atoms with van der Waals surface area (Å²) in [7, 11) is 0. The summed E-state index contributed by atoms with van der Waals surface area (Å²) in [5.41, 5.74) is 2.91. The lowest BCUT2D eigenvalue weighted by Gasteiger charge is -2.45. The van der Waals surface area contributed by atoms with E-state index in [1.807, 2.05) is 0 Å². The molecule has 0 spiro atoms. The monoisotopic (exact) mass is 225 g/mol. The summed E-state index contributed by atoms with van der Waals surface area (Å²) >= 11 is 0. The third-order valence-corrected chi connectivity index (χ3v) is 3.82. The number of anilines is 1. The SMILES string of the molecule is CC(C)N1c2ccccc2CC2C=CC=CC21. The largest absolute Gasteiger partial charge is 0.362 e. The first kappa shape index (κ1) is 10.6.